The lowest BCUT2D eigenvalue weighted by molar-refractivity contribution is 0.0735. The summed E-state index contributed by atoms with van der Waals surface area (Å²) in [5, 5.41) is 2.83. The van der Waals surface area contributed by atoms with Crippen LogP contribution in [0.25, 0.3) is 10.8 Å². The number of halogens is 1. The summed E-state index contributed by atoms with van der Waals surface area (Å²) < 4.78 is 5.60. The van der Waals surface area contributed by atoms with Gasteiger partial charge >= 0.3 is 5.97 Å². The molecular weight excluding hydrogens is 360 g/mol. The number of nitrogens with zero attached hydrogens (tertiary/aromatic N) is 2. The molecule has 0 N–H and O–H groups in total. The molecule has 5 heteroatoms. The predicted molar refractivity (Wildman–Crippen MR) is 110 cm³/mol. The minimum absolute atomic E-state index is 0.386. The lowest BCUT2D eigenvalue weighted by Crippen LogP contribution is -2.44. The van der Waals surface area contributed by atoms with Gasteiger partial charge in [0, 0.05) is 42.3 Å². The van der Waals surface area contributed by atoms with Gasteiger partial charge in [-0.05, 0) is 54.9 Å². The van der Waals surface area contributed by atoms with Crippen LogP contribution in [0.15, 0.2) is 60.7 Å². The maximum absolute atomic E-state index is 12.4. The molecule has 1 fully saturated rings. The number of benzene rings is 3. The number of carbonyl (C=O) groups excluding carboxylic acids is 1. The van der Waals surface area contributed by atoms with E-state index in [9.17, 15) is 4.79 Å². The summed E-state index contributed by atoms with van der Waals surface area (Å²) in [4.78, 5) is 17.1. The summed E-state index contributed by atoms with van der Waals surface area (Å²) in [6.07, 6.45) is 0. The molecule has 4 nitrogen and oxygen atoms in total. The fourth-order valence-corrected chi connectivity index (χ4v) is 3.50. The van der Waals surface area contributed by atoms with E-state index < -0.39 is 0 Å². The minimum atomic E-state index is -0.386. The topological polar surface area (TPSA) is 32.8 Å². The molecule has 0 saturated carbocycles. The minimum Gasteiger partial charge on any atom is -0.423 e. The molecule has 0 amide bonds. The van der Waals surface area contributed by atoms with Crippen molar-refractivity contribution in [3.63, 3.8) is 0 Å². The van der Waals surface area contributed by atoms with E-state index in [1.54, 1.807) is 24.3 Å². The van der Waals surface area contributed by atoms with Gasteiger partial charge in [0.15, 0.2) is 0 Å². The number of piperazine rings is 1. The summed E-state index contributed by atoms with van der Waals surface area (Å²) in [7, 11) is 2.15. The molecule has 0 unspecified atom stereocenters. The third-order valence-electron chi connectivity index (χ3n) is 4.97. The highest BCUT2D eigenvalue weighted by atomic mass is 35.5. The Morgan fingerprint density at radius 1 is 0.963 bits per heavy atom. The van der Waals surface area contributed by atoms with E-state index in [4.69, 9.17) is 16.3 Å². The van der Waals surface area contributed by atoms with E-state index >= 15 is 0 Å². The standard InChI is InChI=1S/C22H21ClN2O2/c1-24-11-13-25(14-12-24)21-4-2-3-16-7-10-19(15-20(16)21)27-22(26)17-5-8-18(23)9-6-17/h2-10,15H,11-14H2,1H3. The van der Waals surface area contributed by atoms with Crippen LogP contribution in [-0.2, 0) is 0 Å². The maximum Gasteiger partial charge on any atom is 0.343 e. The van der Waals surface area contributed by atoms with Crippen LogP contribution < -0.4 is 9.64 Å². The van der Waals surface area contributed by atoms with Crippen molar-refractivity contribution in [2.75, 3.05) is 38.1 Å². The Kier molecular flexibility index (Phi) is 5.01. The van der Waals surface area contributed by atoms with Gasteiger partial charge in [-0.25, -0.2) is 4.79 Å². The Bertz CT molecular complexity index is 964. The second kappa shape index (κ2) is 7.59. The van der Waals surface area contributed by atoms with E-state index in [0.29, 0.717) is 16.3 Å². The molecule has 1 aliphatic heterocycles. The first kappa shape index (κ1) is 17.8. The molecule has 0 aliphatic carbocycles. The van der Waals surface area contributed by atoms with E-state index in [1.165, 1.54) is 5.69 Å². The van der Waals surface area contributed by atoms with Crippen molar-refractivity contribution in [1.29, 1.82) is 0 Å². The van der Waals surface area contributed by atoms with Gasteiger partial charge in [0.2, 0.25) is 0 Å². The molecule has 4 rings (SSSR count). The van der Waals surface area contributed by atoms with Crippen molar-refractivity contribution in [3.05, 3.63) is 71.2 Å². The molecule has 0 radical (unpaired) electrons. The first-order chi connectivity index (χ1) is 13.1. The third kappa shape index (κ3) is 3.92. The Labute approximate surface area is 163 Å². The van der Waals surface area contributed by atoms with E-state index in [0.717, 1.165) is 37.0 Å². The monoisotopic (exact) mass is 380 g/mol. The van der Waals surface area contributed by atoms with Gasteiger partial charge in [-0.3, -0.25) is 0 Å². The molecule has 3 aromatic rings. The molecule has 0 aromatic heterocycles. The predicted octanol–water partition coefficient (Wildman–Crippen LogP) is 4.46. The number of carbonyl (C=O) groups is 1. The number of hydrogen-bond donors (Lipinski definition) is 0. The van der Waals surface area contributed by atoms with Gasteiger partial charge in [0.05, 0.1) is 5.56 Å². The van der Waals surface area contributed by atoms with Crippen LogP contribution in [0.5, 0.6) is 5.75 Å². The molecule has 0 atom stereocenters. The number of hydrogen-bond acceptors (Lipinski definition) is 4. The number of fused-ring (bicyclic) bond motifs is 1. The number of ether oxygens (including phenoxy) is 1. The Hall–Kier alpha value is -2.56. The lowest BCUT2D eigenvalue weighted by Gasteiger charge is -2.34. The van der Waals surface area contributed by atoms with Gasteiger partial charge in [-0.2, -0.15) is 0 Å². The molecule has 3 aromatic carbocycles. The lowest BCUT2D eigenvalue weighted by atomic mass is 10.1. The maximum atomic E-state index is 12.4. The number of likely N-dealkylation sites (N-methyl/N-ethyl adjacent to an activating group) is 1. The smallest absolute Gasteiger partial charge is 0.343 e. The highest BCUT2D eigenvalue weighted by Gasteiger charge is 2.17. The third-order valence-corrected chi connectivity index (χ3v) is 5.22. The number of esters is 1. The fraction of sp³-hybridized carbons (Fsp3) is 0.227. The summed E-state index contributed by atoms with van der Waals surface area (Å²) in [5.41, 5.74) is 1.66. The van der Waals surface area contributed by atoms with Crippen LogP contribution >= 0.6 is 11.6 Å². The Balaban J connectivity index is 1.62. The molecule has 138 valence electrons. The van der Waals surface area contributed by atoms with Crippen molar-refractivity contribution in [2.45, 2.75) is 0 Å². The zero-order valence-electron chi connectivity index (χ0n) is 15.2. The highest BCUT2D eigenvalue weighted by Crippen LogP contribution is 2.31. The van der Waals surface area contributed by atoms with Crippen LogP contribution in [0.1, 0.15) is 10.4 Å². The normalized spacial score (nSPS) is 15.1. The van der Waals surface area contributed by atoms with Crippen LogP contribution in [0.3, 0.4) is 0 Å². The molecule has 27 heavy (non-hydrogen) atoms. The van der Waals surface area contributed by atoms with Gasteiger partial charge in [-0.1, -0.05) is 29.8 Å². The van der Waals surface area contributed by atoms with Crippen LogP contribution in [-0.4, -0.2) is 44.1 Å². The van der Waals surface area contributed by atoms with Crippen molar-refractivity contribution >= 4 is 34.0 Å². The van der Waals surface area contributed by atoms with Gasteiger partial charge in [0.1, 0.15) is 5.75 Å². The highest BCUT2D eigenvalue weighted by molar-refractivity contribution is 6.30. The zero-order valence-corrected chi connectivity index (χ0v) is 15.9. The van der Waals surface area contributed by atoms with Gasteiger partial charge < -0.3 is 14.5 Å². The molecule has 1 heterocycles. The quantitative estimate of drug-likeness (QED) is 0.496. The van der Waals surface area contributed by atoms with Crippen LogP contribution in [0.4, 0.5) is 5.69 Å². The molecule has 0 bridgehead atoms. The van der Waals surface area contributed by atoms with Crippen LogP contribution in [0, 0.1) is 0 Å². The van der Waals surface area contributed by atoms with Crippen LogP contribution in [0.2, 0.25) is 5.02 Å². The molecule has 1 saturated heterocycles. The second-order valence-electron chi connectivity index (χ2n) is 6.85. The summed E-state index contributed by atoms with van der Waals surface area (Å²) in [6.45, 7) is 4.07. The van der Waals surface area contributed by atoms with Gasteiger partial charge in [-0.15, -0.1) is 0 Å². The fourth-order valence-electron chi connectivity index (χ4n) is 3.37. The molecule has 0 spiro atoms. The second-order valence-corrected chi connectivity index (χ2v) is 7.28. The summed E-state index contributed by atoms with van der Waals surface area (Å²) in [5.74, 6) is 0.159. The van der Waals surface area contributed by atoms with Crippen molar-refractivity contribution < 1.29 is 9.53 Å². The van der Waals surface area contributed by atoms with E-state index in [2.05, 4.69) is 35.0 Å². The molecule has 1 aliphatic rings. The Morgan fingerprint density at radius 2 is 1.70 bits per heavy atom. The van der Waals surface area contributed by atoms with E-state index in [1.807, 2.05) is 18.2 Å². The average molecular weight is 381 g/mol. The van der Waals surface area contributed by atoms with Crippen molar-refractivity contribution in [3.8, 4) is 5.75 Å². The number of rotatable bonds is 3. The average Bonchev–Trinajstić information content (AvgIpc) is 2.69. The first-order valence-corrected chi connectivity index (χ1v) is 9.42. The summed E-state index contributed by atoms with van der Waals surface area (Å²) in [6, 6.07) is 18.8. The number of anilines is 1. The van der Waals surface area contributed by atoms with E-state index in [-0.39, 0.29) is 5.97 Å². The zero-order chi connectivity index (χ0) is 18.8. The summed E-state index contributed by atoms with van der Waals surface area (Å²) >= 11 is 5.88. The largest absolute Gasteiger partial charge is 0.423 e. The van der Waals surface area contributed by atoms with Gasteiger partial charge in [0.25, 0.3) is 0 Å². The SMILES string of the molecule is CN1CCN(c2cccc3ccc(OC(=O)c4ccc(Cl)cc4)cc23)CC1. The van der Waals surface area contributed by atoms with Crippen molar-refractivity contribution in [1.82, 2.24) is 4.90 Å². The first-order valence-electron chi connectivity index (χ1n) is 9.04. The van der Waals surface area contributed by atoms with Crippen molar-refractivity contribution in [2.24, 2.45) is 0 Å². The molecular formula is C22H21ClN2O2. The Morgan fingerprint density at radius 3 is 2.44 bits per heavy atom.